The molecular weight excluding hydrogens is 206 g/mol. The molecule has 84 valence electrons. The number of fused-ring (bicyclic) bond motifs is 1. The number of esters is 1. The number of carbonyl (C=O) groups is 2. The fourth-order valence-electron chi connectivity index (χ4n) is 1.87. The zero-order chi connectivity index (χ0) is 11.5. The number of ether oxygens (including phenoxy) is 1. The molecular formula is C12H13NO3. The molecule has 4 nitrogen and oxygen atoms in total. The smallest absolute Gasteiger partial charge is 0.308 e. The van der Waals surface area contributed by atoms with Crippen LogP contribution in [0.4, 0.5) is 0 Å². The monoisotopic (exact) mass is 219 g/mol. The van der Waals surface area contributed by atoms with Crippen molar-refractivity contribution in [3.63, 3.8) is 0 Å². The highest BCUT2D eigenvalue weighted by molar-refractivity contribution is 5.99. The fraction of sp³-hybridized carbons (Fsp3) is 0.333. The van der Waals surface area contributed by atoms with E-state index in [0.717, 1.165) is 5.56 Å². The maximum Gasteiger partial charge on any atom is 0.308 e. The summed E-state index contributed by atoms with van der Waals surface area (Å²) in [7, 11) is 0. The van der Waals surface area contributed by atoms with E-state index in [-0.39, 0.29) is 24.3 Å². The van der Waals surface area contributed by atoms with Crippen molar-refractivity contribution in [3.8, 4) is 0 Å². The number of amides is 1. The summed E-state index contributed by atoms with van der Waals surface area (Å²) in [6, 6.07) is 7.04. The first kappa shape index (κ1) is 10.7. The van der Waals surface area contributed by atoms with Gasteiger partial charge in [-0.1, -0.05) is 18.2 Å². The van der Waals surface area contributed by atoms with Gasteiger partial charge in [0, 0.05) is 5.56 Å². The molecule has 1 aliphatic rings. The van der Waals surface area contributed by atoms with Gasteiger partial charge in [-0.3, -0.25) is 9.59 Å². The Morgan fingerprint density at radius 2 is 2.19 bits per heavy atom. The van der Waals surface area contributed by atoms with Crippen molar-refractivity contribution in [3.05, 3.63) is 35.4 Å². The van der Waals surface area contributed by atoms with Crippen molar-refractivity contribution in [1.29, 1.82) is 0 Å². The van der Waals surface area contributed by atoms with Crippen molar-refractivity contribution >= 4 is 11.9 Å². The van der Waals surface area contributed by atoms with Crippen molar-refractivity contribution in [2.24, 2.45) is 0 Å². The van der Waals surface area contributed by atoms with E-state index >= 15 is 0 Å². The summed E-state index contributed by atoms with van der Waals surface area (Å²) in [6.45, 7) is 2.13. The fourth-order valence-corrected chi connectivity index (χ4v) is 1.87. The molecule has 4 heteroatoms. The van der Waals surface area contributed by atoms with E-state index in [9.17, 15) is 9.59 Å². The third-order valence-electron chi connectivity index (χ3n) is 2.56. The van der Waals surface area contributed by atoms with Crippen LogP contribution in [0.25, 0.3) is 0 Å². The van der Waals surface area contributed by atoms with Gasteiger partial charge >= 0.3 is 5.97 Å². The van der Waals surface area contributed by atoms with Gasteiger partial charge in [0.1, 0.15) is 0 Å². The predicted octanol–water partition coefficient (Wildman–Crippen LogP) is 1.42. The number of benzene rings is 1. The summed E-state index contributed by atoms with van der Waals surface area (Å²) < 4.78 is 4.86. The third-order valence-corrected chi connectivity index (χ3v) is 2.56. The molecule has 0 aliphatic carbocycles. The zero-order valence-electron chi connectivity index (χ0n) is 9.03. The van der Waals surface area contributed by atoms with Crippen molar-refractivity contribution in [1.82, 2.24) is 5.32 Å². The Hall–Kier alpha value is -1.84. The largest absolute Gasteiger partial charge is 0.466 e. The highest BCUT2D eigenvalue weighted by Crippen LogP contribution is 2.27. The molecule has 0 spiro atoms. The maximum atomic E-state index is 11.6. The first-order valence-electron chi connectivity index (χ1n) is 5.27. The number of carbonyl (C=O) groups excluding carboxylic acids is 2. The minimum atomic E-state index is -0.287. The number of nitrogens with one attached hydrogen (secondary N) is 1. The van der Waals surface area contributed by atoms with Gasteiger partial charge in [-0.15, -0.1) is 0 Å². The Morgan fingerprint density at radius 3 is 2.94 bits per heavy atom. The van der Waals surface area contributed by atoms with Crippen LogP contribution in [0.1, 0.15) is 35.3 Å². The van der Waals surface area contributed by atoms with E-state index in [1.807, 2.05) is 18.2 Å². The van der Waals surface area contributed by atoms with E-state index in [2.05, 4.69) is 5.32 Å². The van der Waals surface area contributed by atoms with Gasteiger partial charge in [-0.05, 0) is 18.6 Å². The molecule has 0 radical (unpaired) electrons. The van der Waals surface area contributed by atoms with Gasteiger partial charge in [0.15, 0.2) is 0 Å². The van der Waals surface area contributed by atoms with Crippen LogP contribution in [0, 0.1) is 0 Å². The average molecular weight is 219 g/mol. The molecule has 1 aliphatic heterocycles. The van der Waals surface area contributed by atoms with Gasteiger partial charge in [0.25, 0.3) is 5.91 Å². The molecule has 16 heavy (non-hydrogen) atoms. The molecule has 0 unspecified atom stereocenters. The van der Waals surface area contributed by atoms with E-state index < -0.39 is 0 Å². The minimum absolute atomic E-state index is 0.120. The van der Waals surface area contributed by atoms with Crippen molar-refractivity contribution in [2.45, 2.75) is 19.4 Å². The first-order valence-corrected chi connectivity index (χ1v) is 5.27. The SMILES string of the molecule is CCOC(=O)C[C@@H]1NC(=O)c2ccccc21. The molecule has 1 atom stereocenters. The van der Waals surface area contributed by atoms with E-state index in [0.29, 0.717) is 12.2 Å². The Bertz CT molecular complexity index is 428. The molecule has 1 aromatic carbocycles. The standard InChI is InChI=1S/C12H13NO3/c1-2-16-11(14)7-10-8-5-3-4-6-9(8)12(15)13-10/h3-6,10H,2,7H2,1H3,(H,13,15)/t10-/m0/s1. The van der Waals surface area contributed by atoms with Crippen LogP contribution in [0.15, 0.2) is 24.3 Å². The molecule has 0 saturated carbocycles. The second-order valence-electron chi connectivity index (χ2n) is 3.62. The van der Waals surface area contributed by atoms with E-state index in [1.54, 1.807) is 13.0 Å². The summed E-state index contributed by atoms with van der Waals surface area (Å²) in [4.78, 5) is 22.9. The number of rotatable bonds is 3. The molecule has 1 aromatic rings. The number of hydrogen-bond acceptors (Lipinski definition) is 3. The third kappa shape index (κ3) is 1.91. The van der Waals surface area contributed by atoms with Crippen LogP contribution in [0.3, 0.4) is 0 Å². The second kappa shape index (κ2) is 4.35. The van der Waals surface area contributed by atoms with Gasteiger partial charge in [0.2, 0.25) is 0 Å². The molecule has 0 fully saturated rings. The highest BCUT2D eigenvalue weighted by atomic mass is 16.5. The van der Waals surface area contributed by atoms with Gasteiger partial charge in [0.05, 0.1) is 19.1 Å². The topological polar surface area (TPSA) is 55.4 Å². The van der Waals surface area contributed by atoms with Crippen LogP contribution >= 0.6 is 0 Å². The zero-order valence-corrected chi connectivity index (χ0v) is 9.03. The van der Waals surface area contributed by atoms with Crippen LogP contribution in [0.5, 0.6) is 0 Å². The van der Waals surface area contributed by atoms with E-state index in [4.69, 9.17) is 4.74 Å². The Labute approximate surface area is 93.6 Å². The van der Waals surface area contributed by atoms with Crippen LogP contribution in [-0.4, -0.2) is 18.5 Å². The Balaban J connectivity index is 2.15. The predicted molar refractivity (Wildman–Crippen MR) is 57.9 cm³/mol. The lowest BCUT2D eigenvalue weighted by Gasteiger charge is -2.10. The molecule has 2 rings (SSSR count). The van der Waals surface area contributed by atoms with Crippen LogP contribution in [-0.2, 0) is 9.53 Å². The molecule has 0 bridgehead atoms. The summed E-state index contributed by atoms with van der Waals surface area (Å²) >= 11 is 0. The maximum absolute atomic E-state index is 11.6. The Morgan fingerprint density at radius 1 is 1.44 bits per heavy atom. The Kier molecular flexibility index (Phi) is 2.90. The van der Waals surface area contributed by atoms with Crippen LogP contribution < -0.4 is 5.32 Å². The summed E-state index contributed by atoms with van der Waals surface area (Å²) in [6.07, 6.45) is 0.191. The first-order chi connectivity index (χ1) is 7.72. The molecule has 1 N–H and O–H groups in total. The lowest BCUT2D eigenvalue weighted by atomic mass is 10.0. The molecule has 0 aromatic heterocycles. The van der Waals surface area contributed by atoms with Crippen molar-refractivity contribution < 1.29 is 14.3 Å². The summed E-state index contributed by atoms with van der Waals surface area (Å²) in [5, 5.41) is 2.77. The lowest BCUT2D eigenvalue weighted by Crippen LogP contribution is -2.22. The van der Waals surface area contributed by atoms with Crippen molar-refractivity contribution in [2.75, 3.05) is 6.61 Å². The van der Waals surface area contributed by atoms with Gasteiger partial charge in [-0.25, -0.2) is 0 Å². The minimum Gasteiger partial charge on any atom is -0.466 e. The lowest BCUT2D eigenvalue weighted by molar-refractivity contribution is -0.143. The summed E-state index contributed by atoms with van der Waals surface area (Å²) in [5.41, 5.74) is 1.53. The normalized spacial score (nSPS) is 17.8. The second-order valence-corrected chi connectivity index (χ2v) is 3.62. The molecule has 1 heterocycles. The quantitative estimate of drug-likeness (QED) is 0.782. The highest BCUT2D eigenvalue weighted by Gasteiger charge is 2.29. The van der Waals surface area contributed by atoms with Crippen LogP contribution in [0.2, 0.25) is 0 Å². The van der Waals surface area contributed by atoms with E-state index in [1.165, 1.54) is 0 Å². The van der Waals surface area contributed by atoms with Gasteiger partial charge in [-0.2, -0.15) is 0 Å². The molecule has 1 amide bonds. The summed E-state index contributed by atoms with van der Waals surface area (Å²) in [5.74, 6) is -0.408. The van der Waals surface area contributed by atoms with Gasteiger partial charge < -0.3 is 10.1 Å². The molecule has 0 saturated heterocycles. The average Bonchev–Trinajstić information content (AvgIpc) is 2.57. The number of hydrogen-bond donors (Lipinski definition) is 1.